The Kier molecular flexibility index (Phi) is 6.23. The van der Waals surface area contributed by atoms with Crippen molar-refractivity contribution < 1.29 is 22.1 Å². The summed E-state index contributed by atoms with van der Waals surface area (Å²) in [6.07, 6.45) is -0.0103. The zero-order valence-corrected chi connectivity index (χ0v) is 16.1. The van der Waals surface area contributed by atoms with Gasteiger partial charge in [0.2, 0.25) is 0 Å². The van der Waals surface area contributed by atoms with Crippen molar-refractivity contribution in [3.63, 3.8) is 0 Å². The Morgan fingerprint density at radius 3 is 2.21 bits per heavy atom. The third kappa shape index (κ3) is 4.85. The topological polar surface area (TPSA) is 69.7 Å². The normalized spacial score (nSPS) is 12.3. The van der Waals surface area contributed by atoms with Crippen LogP contribution in [0, 0.1) is 6.92 Å². The predicted octanol–water partition coefficient (Wildman–Crippen LogP) is 4.33. The van der Waals surface area contributed by atoms with E-state index in [1.165, 1.54) is 12.1 Å². The van der Waals surface area contributed by atoms with Gasteiger partial charge in [0.1, 0.15) is 18.5 Å². The van der Waals surface area contributed by atoms with Crippen LogP contribution in [0.25, 0.3) is 0 Å². The molecule has 0 spiro atoms. The highest BCUT2D eigenvalue weighted by Crippen LogP contribution is 2.26. The second-order valence-corrected chi connectivity index (χ2v) is 7.84. The van der Waals surface area contributed by atoms with Crippen LogP contribution in [-0.2, 0) is 14.3 Å². The van der Waals surface area contributed by atoms with Gasteiger partial charge in [-0.3, -0.25) is 8.98 Å². The van der Waals surface area contributed by atoms with Crippen LogP contribution < -0.4 is 4.74 Å². The summed E-state index contributed by atoms with van der Waals surface area (Å²) in [7, 11) is -3.94. The molecule has 0 bridgehead atoms. The summed E-state index contributed by atoms with van der Waals surface area (Å²) in [6, 6.07) is 22.3. The van der Waals surface area contributed by atoms with E-state index in [0.29, 0.717) is 17.6 Å². The molecule has 0 aromatic heterocycles. The molecule has 144 valence electrons. The lowest BCUT2D eigenvalue weighted by Gasteiger charge is -2.20. The first-order valence-electron chi connectivity index (χ1n) is 8.71. The number of rotatable bonds is 8. The van der Waals surface area contributed by atoms with Crippen LogP contribution in [0.4, 0.5) is 0 Å². The second kappa shape index (κ2) is 8.82. The molecule has 1 unspecified atom stereocenters. The maximum Gasteiger partial charge on any atom is 0.297 e. The van der Waals surface area contributed by atoms with Gasteiger partial charge in [-0.1, -0.05) is 60.2 Å². The Labute approximate surface area is 164 Å². The van der Waals surface area contributed by atoms with Crippen molar-refractivity contribution in [1.29, 1.82) is 0 Å². The molecular formula is C22H20O5S. The van der Waals surface area contributed by atoms with E-state index in [9.17, 15) is 13.2 Å². The highest BCUT2D eigenvalue weighted by Gasteiger charge is 2.21. The van der Waals surface area contributed by atoms with Crippen LogP contribution in [0.3, 0.4) is 0 Å². The van der Waals surface area contributed by atoms with E-state index < -0.39 is 16.2 Å². The van der Waals surface area contributed by atoms with Crippen molar-refractivity contribution in [2.24, 2.45) is 0 Å². The Morgan fingerprint density at radius 1 is 0.893 bits per heavy atom. The van der Waals surface area contributed by atoms with Gasteiger partial charge in [-0.15, -0.1) is 0 Å². The fourth-order valence-electron chi connectivity index (χ4n) is 2.63. The summed E-state index contributed by atoms with van der Waals surface area (Å²) in [6.45, 7) is 1.65. The van der Waals surface area contributed by atoms with Gasteiger partial charge in [0.05, 0.1) is 10.5 Å². The molecule has 0 aliphatic carbocycles. The molecule has 0 saturated carbocycles. The fourth-order valence-corrected chi connectivity index (χ4v) is 3.54. The zero-order chi connectivity index (χ0) is 20.0. The molecular weight excluding hydrogens is 376 g/mol. The van der Waals surface area contributed by atoms with Gasteiger partial charge in [0.15, 0.2) is 6.29 Å². The van der Waals surface area contributed by atoms with Crippen molar-refractivity contribution >= 4 is 16.4 Å². The lowest BCUT2D eigenvalue weighted by Crippen LogP contribution is -2.18. The molecule has 0 heterocycles. The molecule has 3 aromatic rings. The van der Waals surface area contributed by atoms with Crippen LogP contribution >= 0.6 is 0 Å². The van der Waals surface area contributed by atoms with Gasteiger partial charge in [-0.05, 0) is 36.8 Å². The first-order chi connectivity index (χ1) is 13.5. The third-order valence-corrected chi connectivity index (χ3v) is 5.47. The second-order valence-electron chi connectivity index (χ2n) is 6.22. The molecule has 0 aliphatic rings. The first-order valence-corrected chi connectivity index (χ1v) is 10.1. The fraction of sp³-hybridized carbons (Fsp3) is 0.136. The zero-order valence-electron chi connectivity index (χ0n) is 15.3. The van der Waals surface area contributed by atoms with E-state index >= 15 is 0 Å². The predicted molar refractivity (Wildman–Crippen MR) is 106 cm³/mol. The molecule has 0 fully saturated rings. The maximum absolute atomic E-state index is 12.5. The summed E-state index contributed by atoms with van der Waals surface area (Å²) in [4.78, 5) is 11.3. The van der Waals surface area contributed by atoms with Crippen LogP contribution in [0.15, 0.2) is 83.8 Å². The third-order valence-electron chi connectivity index (χ3n) is 4.17. The van der Waals surface area contributed by atoms with Crippen molar-refractivity contribution in [1.82, 2.24) is 0 Å². The summed E-state index contributed by atoms with van der Waals surface area (Å²) >= 11 is 0. The lowest BCUT2D eigenvalue weighted by molar-refractivity contribution is 0.110. The average Bonchev–Trinajstić information content (AvgIpc) is 2.72. The van der Waals surface area contributed by atoms with Crippen LogP contribution in [-0.4, -0.2) is 21.3 Å². The largest absolute Gasteiger partial charge is 0.483 e. The van der Waals surface area contributed by atoms with Crippen molar-refractivity contribution in [2.75, 3.05) is 6.61 Å². The summed E-state index contributed by atoms with van der Waals surface area (Å²) in [5, 5.41) is 0. The van der Waals surface area contributed by atoms with E-state index in [1.807, 2.05) is 37.3 Å². The number of carbonyl (C=O) groups is 1. The number of carbonyl (C=O) groups excluding carboxylic acids is 1. The molecule has 0 saturated heterocycles. The minimum atomic E-state index is -3.94. The SMILES string of the molecule is Cc1ccc(S(=O)(=O)OCC(Oc2ccccc2C=O)c2ccccc2)cc1. The minimum Gasteiger partial charge on any atom is -0.483 e. The van der Waals surface area contributed by atoms with E-state index in [0.717, 1.165) is 11.1 Å². The van der Waals surface area contributed by atoms with E-state index in [1.54, 1.807) is 36.4 Å². The lowest BCUT2D eigenvalue weighted by atomic mass is 10.1. The van der Waals surface area contributed by atoms with Crippen molar-refractivity contribution in [2.45, 2.75) is 17.9 Å². The maximum atomic E-state index is 12.5. The van der Waals surface area contributed by atoms with Gasteiger partial charge < -0.3 is 4.74 Å². The monoisotopic (exact) mass is 396 g/mol. The summed E-state index contributed by atoms with van der Waals surface area (Å²) in [5.74, 6) is 0.364. The number of hydrogen-bond acceptors (Lipinski definition) is 5. The van der Waals surface area contributed by atoms with E-state index in [-0.39, 0.29) is 11.5 Å². The standard InChI is InChI=1S/C22H20O5S/c1-17-11-13-20(14-12-17)28(24,25)26-16-22(18-7-3-2-4-8-18)27-21-10-6-5-9-19(21)15-23/h2-15,22H,16H2,1H3. The molecule has 3 aromatic carbocycles. The average molecular weight is 396 g/mol. The molecule has 0 N–H and O–H groups in total. The number of benzene rings is 3. The quantitative estimate of drug-likeness (QED) is 0.419. The Bertz CT molecular complexity index is 1030. The molecule has 3 rings (SSSR count). The number of hydrogen-bond donors (Lipinski definition) is 0. The summed E-state index contributed by atoms with van der Waals surface area (Å²) in [5.41, 5.74) is 2.07. The van der Waals surface area contributed by atoms with Crippen molar-refractivity contribution in [3.8, 4) is 5.75 Å². The first kappa shape index (κ1) is 19.8. The van der Waals surface area contributed by atoms with Crippen LogP contribution in [0.1, 0.15) is 27.6 Å². The number of para-hydroxylation sites is 1. The Balaban J connectivity index is 1.84. The molecule has 6 heteroatoms. The number of aldehydes is 1. The van der Waals surface area contributed by atoms with Gasteiger partial charge in [0, 0.05) is 0 Å². The molecule has 0 aliphatic heterocycles. The van der Waals surface area contributed by atoms with Crippen LogP contribution in [0.2, 0.25) is 0 Å². The van der Waals surface area contributed by atoms with Gasteiger partial charge >= 0.3 is 0 Å². The molecule has 0 radical (unpaired) electrons. The van der Waals surface area contributed by atoms with E-state index in [4.69, 9.17) is 8.92 Å². The molecule has 5 nitrogen and oxygen atoms in total. The molecule has 1 atom stereocenters. The molecule has 28 heavy (non-hydrogen) atoms. The highest BCUT2D eigenvalue weighted by atomic mass is 32.2. The van der Waals surface area contributed by atoms with Crippen LogP contribution in [0.5, 0.6) is 5.75 Å². The number of aryl methyl sites for hydroxylation is 1. The van der Waals surface area contributed by atoms with Crippen molar-refractivity contribution in [3.05, 3.63) is 95.6 Å². The van der Waals surface area contributed by atoms with Gasteiger partial charge in [-0.25, -0.2) is 0 Å². The van der Waals surface area contributed by atoms with Gasteiger partial charge in [0.25, 0.3) is 10.1 Å². The molecule has 0 amide bonds. The smallest absolute Gasteiger partial charge is 0.297 e. The number of ether oxygens (including phenoxy) is 1. The minimum absolute atomic E-state index is 0.0817. The Morgan fingerprint density at radius 2 is 1.54 bits per heavy atom. The summed E-state index contributed by atoms with van der Waals surface area (Å²) < 4.78 is 36.3. The highest BCUT2D eigenvalue weighted by molar-refractivity contribution is 7.86. The Hall–Kier alpha value is -2.96. The van der Waals surface area contributed by atoms with Gasteiger partial charge in [-0.2, -0.15) is 8.42 Å². The van der Waals surface area contributed by atoms with E-state index in [2.05, 4.69) is 0 Å².